The summed E-state index contributed by atoms with van der Waals surface area (Å²) in [6, 6.07) is 31.9. The number of carbonyl (C=O) groups is 1. The normalized spacial score (nSPS) is 14.7. The number of unbranched alkanes of at least 4 members (excludes halogenated alkanes) is 1. The van der Waals surface area contributed by atoms with Crippen molar-refractivity contribution in [3.05, 3.63) is 144 Å². The molecule has 1 amide bonds. The number of H-pyrrole nitrogens is 2. The SMILES string of the molecule is O=C(CCCCC1CCSS1)Nc1ccc(-c2c3nc(c(-c4ccc(S(=O)(=O)O)cc4)c4ccc([nH]4)c(-c4ccc(S(=O)(=O)O)cc4)c4nc(c(-c5ccc(S(=O)(=O)O)cc5)c5ccc2[nH]5)C=C4)C=C3)cc1. The number of aromatic nitrogens is 4. The third-order valence-corrected chi connectivity index (χ3v) is 18.1. The summed E-state index contributed by atoms with van der Waals surface area (Å²) >= 11 is 0. The molecule has 0 radical (unpaired) electrons. The van der Waals surface area contributed by atoms with E-state index in [2.05, 4.69) is 15.3 Å². The third-order valence-electron chi connectivity index (χ3n) is 12.4. The number of rotatable bonds is 13. The van der Waals surface area contributed by atoms with Gasteiger partial charge in [-0.3, -0.25) is 18.5 Å². The Kier molecular flexibility index (Phi) is 13.4. The van der Waals surface area contributed by atoms with Crippen LogP contribution in [0.2, 0.25) is 0 Å². The summed E-state index contributed by atoms with van der Waals surface area (Å²) in [4.78, 5) is 29.6. The summed E-state index contributed by atoms with van der Waals surface area (Å²) in [7, 11) is -9.73. The van der Waals surface area contributed by atoms with Crippen molar-refractivity contribution >= 4 is 110 Å². The zero-order chi connectivity index (χ0) is 50.4. The van der Waals surface area contributed by atoms with Gasteiger partial charge in [0, 0.05) is 67.4 Å². The predicted molar refractivity (Wildman–Crippen MR) is 286 cm³/mol. The van der Waals surface area contributed by atoms with Gasteiger partial charge in [0.25, 0.3) is 30.4 Å². The Balaban J connectivity index is 1.20. The second kappa shape index (κ2) is 19.8. The molecular formula is C52H43N5O10S5. The number of anilines is 1. The molecule has 1 fully saturated rings. The van der Waals surface area contributed by atoms with Crippen LogP contribution in [0.1, 0.15) is 54.9 Å². The van der Waals surface area contributed by atoms with Gasteiger partial charge in [0.2, 0.25) is 5.91 Å². The molecule has 3 aromatic heterocycles. The molecule has 3 aliphatic rings. The van der Waals surface area contributed by atoms with Crippen molar-refractivity contribution < 1.29 is 43.7 Å². The lowest BCUT2D eigenvalue weighted by Crippen LogP contribution is -2.11. The van der Waals surface area contributed by atoms with Gasteiger partial charge in [-0.15, -0.1) is 0 Å². The van der Waals surface area contributed by atoms with Crippen LogP contribution >= 0.6 is 21.6 Å². The largest absolute Gasteiger partial charge is 0.354 e. The van der Waals surface area contributed by atoms with Crippen LogP contribution in [0.3, 0.4) is 0 Å². The molecular weight excluding hydrogens is 1010 g/mol. The van der Waals surface area contributed by atoms with E-state index in [1.54, 1.807) is 48.6 Å². The maximum atomic E-state index is 13.1. The smallest absolute Gasteiger partial charge is 0.294 e. The number of hydrogen-bond acceptors (Lipinski definition) is 11. The minimum absolute atomic E-state index is 0.0678. The summed E-state index contributed by atoms with van der Waals surface area (Å²) in [5.41, 5.74) is 9.54. The highest BCUT2D eigenvalue weighted by atomic mass is 33.1. The van der Waals surface area contributed by atoms with Crippen molar-refractivity contribution in [2.75, 3.05) is 11.1 Å². The van der Waals surface area contributed by atoms with Crippen molar-refractivity contribution in [1.29, 1.82) is 0 Å². The molecule has 72 heavy (non-hydrogen) atoms. The van der Waals surface area contributed by atoms with Crippen LogP contribution in [-0.4, -0.2) is 75.8 Å². The van der Waals surface area contributed by atoms with Crippen LogP contribution in [0.15, 0.2) is 136 Å². The summed E-state index contributed by atoms with van der Waals surface area (Å²) in [5.74, 6) is 1.11. The maximum Gasteiger partial charge on any atom is 0.294 e. The molecule has 0 aliphatic carbocycles. The lowest BCUT2D eigenvalue weighted by Gasteiger charge is -2.09. The fraction of sp³-hybridized carbons (Fsp3) is 0.135. The first-order chi connectivity index (χ1) is 34.5. The van der Waals surface area contributed by atoms with E-state index in [0.29, 0.717) is 101 Å². The topological polar surface area (TPSA) is 250 Å². The van der Waals surface area contributed by atoms with E-state index in [0.717, 1.165) is 24.8 Å². The first kappa shape index (κ1) is 49.0. The van der Waals surface area contributed by atoms with Gasteiger partial charge >= 0.3 is 0 Å². The average Bonchev–Trinajstić information content (AvgIpc) is 4.22. The lowest BCUT2D eigenvalue weighted by molar-refractivity contribution is -0.116. The molecule has 0 saturated carbocycles. The number of hydrogen-bond donors (Lipinski definition) is 6. The van der Waals surface area contributed by atoms with Crippen molar-refractivity contribution in [3.63, 3.8) is 0 Å². The Morgan fingerprint density at radius 3 is 1.18 bits per heavy atom. The molecule has 0 spiro atoms. The van der Waals surface area contributed by atoms with E-state index >= 15 is 0 Å². The highest BCUT2D eigenvalue weighted by Crippen LogP contribution is 2.41. The summed E-state index contributed by atoms with van der Waals surface area (Å²) in [6.07, 6.45) is 11.8. The van der Waals surface area contributed by atoms with Crippen LogP contribution in [0.5, 0.6) is 0 Å². The first-order valence-electron chi connectivity index (χ1n) is 22.5. The Hall–Kier alpha value is -6.62. The fourth-order valence-corrected chi connectivity index (χ4v) is 13.4. The zero-order valence-corrected chi connectivity index (χ0v) is 41.9. The van der Waals surface area contributed by atoms with Gasteiger partial charge in [0.15, 0.2) is 0 Å². The summed E-state index contributed by atoms with van der Waals surface area (Å²) < 4.78 is 102. The monoisotopic (exact) mass is 1060 g/mol. The number of nitrogens with one attached hydrogen (secondary N) is 3. The highest BCUT2D eigenvalue weighted by Gasteiger charge is 2.22. The molecule has 4 aromatic carbocycles. The second-order valence-corrected chi connectivity index (χ2v) is 24.3. The standard InChI is InChI=1S/C52H43N5O10S5/c58-48(4-2-1-3-36-29-30-68-69-36)53-35-13-5-31(6-14-35)49-40-21-23-42(54-40)50(32-7-15-37(16-8-32)70(59,60)61)44-25-27-46(56-44)52(34-11-19-39(20-12-34)72(65,66)67)47-28-26-45(57-47)51(43-24-22-41(49)55-43)33-9-17-38(18-10-33)71(62,63)64/h5-28,36,54,57H,1-4,29-30H2,(H,53,58)(H,59,60,61)(H,62,63,64)(H,65,66,67). The third kappa shape index (κ3) is 10.5. The summed E-state index contributed by atoms with van der Waals surface area (Å²) in [6.45, 7) is 0. The Labute approximate surface area is 422 Å². The maximum absolute atomic E-state index is 13.1. The van der Waals surface area contributed by atoms with Gasteiger partial charge in [-0.25, -0.2) is 9.97 Å². The fourth-order valence-electron chi connectivity index (χ4n) is 8.97. The number of nitrogens with zero attached hydrogens (tertiary/aromatic N) is 2. The van der Waals surface area contributed by atoms with E-state index in [9.17, 15) is 43.7 Å². The molecule has 1 unspecified atom stereocenters. The zero-order valence-electron chi connectivity index (χ0n) is 37.8. The number of benzene rings is 4. The molecule has 7 aromatic rings. The first-order valence-corrected chi connectivity index (χ1v) is 29.3. The number of aromatic amines is 2. The van der Waals surface area contributed by atoms with Crippen LogP contribution in [-0.2, 0) is 35.1 Å². The van der Waals surface area contributed by atoms with Crippen molar-refractivity contribution in [2.24, 2.45) is 0 Å². The molecule has 6 heterocycles. The van der Waals surface area contributed by atoms with Gasteiger partial charge < -0.3 is 15.3 Å². The van der Waals surface area contributed by atoms with Crippen molar-refractivity contribution in [2.45, 2.75) is 52.0 Å². The number of carbonyl (C=O) groups excluding carboxylic acids is 1. The molecule has 15 nitrogen and oxygen atoms in total. The van der Waals surface area contributed by atoms with Crippen molar-refractivity contribution in [3.8, 4) is 44.5 Å². The van der Waals surface area contributed by atoms with E-state index in [1.807, 2.05) is 82.3 Å². The molecule has 10 rings (SSSR count). The quantitative estimate of drug-likeness (QED) is 0.0357. The Bertz CT molecular complexity index is 3790. The van der Waals surface area contributed by atoms with Gasteiger partial charge in [-0.05, 0) is 139 Å². The second-order valence-electron chi connectivity index (χ2n) is 17.2. The van der Waals surface area contributed by atoms with Crippen LogP contribution in [0.25, 0.3) is 90.9 Å². The minimum Gasteiger partial charge on any atom is -0.354 e. The van der Waals surface area contributed by atoms with Crippen LogP contribution < -0.4 is 5.32 Å². The molecule has 366 valence electrons. The highest BCUT2D eigenvalue weighted by molar-refractivity contribution is 8.77. The van der Waals surface area contributed by atoms with Crippen LogP contribution in [0, 0.1) is 0 Å². The molecule has 8 bridgehead atoms. The summed E-state index contributed by atoms with van der Waals surface area (Å²) in [5, 5.41) is 3.69. The predicted octanol–water partition coefficient (Wildman–Crippen LogP) is 11.7. The number of fused-ring (bicyclic) bond motifs is 8. The molecule has 6 N–H and O–H groups in total. The minimum atomic E-state index is -4.53. The Morgan fingerprint density at radius 1 is 0.514 bits per heavy atom. The van der Waals surface area contributed by atoms with Gasteiger partial charge in [-0.2, -0.15) is 25.3 Å². The molecule has 3 aliphatic heterocycles. The van der Waals surface area contributed by atoms with Gasteiger partial charge in [-0.1, -0.05) is 76.5 Å². The molecule has 1 atom stereocenters. The van der Waals surface area contributed by atoms with E-state index in [1.165, 1.54) is 48.6 Å². The molecule has 1 saturated heterocycles. The van der Waals surface area contributed by atoms with Crippen molar-refractivity contribution in [1.82, 2.24) is 19.9 Å². The van der Waals surface area contributed by atoms with E-state index in [4.69, 9.17) is 9.97 Å². The van der Waals surface area contributed by atoms with Crippen LogP contribution in [0.4, 0.5) is 5.69 Å². The van der Waals surface area contributed by atoms with E-state index in [-0.39, 0.29) is 20.6 Å². The Morgan fingerprint density at radius 2 is 0.861 bits per heavy atom. The average molecular weight is 1060 g/mol. The van der Waals surface area contributed by atoms with E-state index < -0.39 is 30.4 Å². The molecule has 20 heteroatoms. The van der Waals surface area contributed by atoms with Gasteiger partial charge in [0.05, 0.1) is 37.5 Å². The number of amides is 1. The lowest BCUT2D eigenvalue weighted by atomic mass is 10.0. The van der Waals surface area contributed by atoms with Gasteiger partial charge in [0.1, 0.15) is 0 Å².